The molecule has 0 unspecified atom stereocenters. The van der Waals surface area contributed by atoms with Gasteiger partial charge >= 0.3 is 12.4 Å². The van der Waals surface area contributed by atoms with E-state index in [-0.39, 0.29) is 28.8 Å². The molecule has 0 amide bonds. The third-order valence-corrected chi connectivity index (χ3v) is 7.41. The summed E-state index contributed by atoms with van der Waals surface area (Å²) >= 11 is 5.29. The monoisotopic (exact) mass is 579 g/mol. The summed E-state index contributed by atoms with van der Waals surface area (Å²) < 4.78 is 79.5. The second-order valence-electron chi connectivity index (χ2n) is 10.1. The zero-order valence-electron chi connectivity index (χ0n) is 21.7. The van der Waals surface area contributed by atoms with Crippen molar-refractivity contribution in [2.24, 2.45) is 5.92 Å². The van der Waals surface area contributed by atoms with Gasteiger partial charge < -0.3 is 10.6 Å². The molecule has 214 valence electrons. The third kappa shape index (κ3) is 8.44. The summed E-state index contributed by atoms with van der Waals surface area (Å²) in [5.41, 5.74) is -0.764. The molecule has 3 aromatic carbocycles. The number of alkyl halides is 6. The molecule has 0 radical (unpaired) electrons. The summed E-state index contributed by atoms with van der Waals surface area (Å²) in [6, 6.07) is 22.0. The average molecular weight is 580 g/mol. The number of nitrogens with one attached hydrogen (secondary N) is 2. The summed E-state index contributed by atoms with van der Waals surface area (Å²) in [4.78, 5) is 2.45. The standard InChI is InChI=1S/C30H31F6N3S/c31-29(32,33)24-15-25(30(34,35)36)17-26(16-24)38-28(40)37-18-23-13-7-8-14-27(23)39(19-21-9-3-1-4-10-21)20-22-11-5-2-6-12-22/h1-6,9-12,15-17,23,27H,7-8,13-14,18-20H2,(H2,37,38,40)/t23-,27+/m0/s1. The Morgan fingerprint density at radius 3 is 1.75 bits per heavy atom. The molecule has 10 heteroatoms. The Hall–Kier alpha value is -3.11. The number of anilines is 1. The van der Waals surface area contributed by atoms with Gasteiger partial charge in [-0.1, -0.05) is 73.5 Å². The first kappa shape index (κ1) is 29.9. The lowest BCUT2D eigenvalue weighted by Gasteiger charge is -2.40. The lowest BCUT2D eigenvalue weighted by Crippen LogP contribution is -2.46. The second kappa shape index (κ2) is 13.0. The quantitative estimate of drug-likeness (QED) is 0.208. The van der Waals surface area contributed by atoms with Crippen LogP contribution in [0.15, 0.2) is 78.9 Å². The molecule has 4 rings (SSSR count). The Morgan fingerprint density at radius 2 is 1.25 bits per heavy atom. The van der Waals surface area contributed by atoms with Crippen LogP contribution in [-0.2, 0) is 25.4 Å². The first-order chi connectivity index (χ1) is 19.0. The van der Waals surface area contributed by atoms with E-state index in [9.17, 15) is 26.3 Å². The molecule has 1 aliphatic rings. The zero-order chi connectivity index (χ0) is 28.8. The number of thiocarbonyl (C=S) groups is 1. The smallest absolute Gasteiger partial charge is 0.362 e. The molecule has 3 aromatic rings. The van der Waals surface area contributed by atoms with Crippen LogP contribution in [0, 0.1) is 5.92 Å². The predicted molar refractivity (Wildman–Crippen MR) is 149 cm³/mol. The Balaban J connectivity index is 1.47. The van der Waals surface area contributed by atoms with Gasteiger partial charge in [0.25, 0.3) is 0 Å². The normalized spacial score (nSPS) is 18.0. The molecule has 0 aromatic heterocycles. The average Bonchev–Trinajstić information content (AvgIpc) is 2.92. The third-order valence-electron chi connectivity index (χ3n) is 7.17. The maximum atomic E-state index is 13.2. The Kier molecular flexibility index (Phi) is 9.73. The van der Waals surface area contributed by atoms with E-state index < -0.39 is 23.5 Å². The minimum atomic E-state index is -4.93. The fraction of sp³-hybridized carbons (Fsp3) is 0.367. The molecule has 40 heavy (non-hydrogen) atoms. The van der Waals surface area contributed by atoms with Crippen molar-refractivity contribution in [2.45, 2.75) is 57.2 Å². The SMILES string of the molecule is FC(F)(F)c1cc(NC(=S)NC[C@@H]2CCCC[C@H]2N(Cc2ccccc2)Cc2ccccc2)cc(C(F)(F)F)c1. The van der Waals surface area contributed by atoms with Crippen molar-refractivity contribution < 1.29 is 26.3 Å². The van der Waals surface area contributed by atoms with Gasteiger partial charge in [-0.25, -0.2) is 0 Å². The first-order valence-electron chi connectivity index (χ1n) is 13.2. The molecule has 0 spiro atoms. The van der Waals surface area contributed by atoms with Gasteiger partial charge in [-0.15, -0.1) is 0 Å². The minimum absolute atomic E-state index is 0.0190. The fourth-order valence-electron chi connectivity index (χ4n) is 5.26. The van der Waals surface area contributed by atoms with Gasteiger partial charge in [0.1, 0.15) is 0 Å². The van der Waals surface area contributed by atoms with Crippen LogP contribution >= 0.6 is 12.2 Å². The Bertz CT molecular complexity index is 1170. The van der Waals surface area contributed by atoms with Gasteiger partial charge in [0.05, 0.1) is 11.1 Å². The molecular weight excluding hydrogens is 548 g/mol. The molecule has 1 fully saturated rings. The van der Waals surface area contributed by atoms with Gasteiger partial charge in [-0.05, 0) is 60.3 Å². The van der Waals surface area contributed by atoms with Crippen LogP contribution in [-0.4, -0.2) is 22.6 Å². The lowest BCUT2D eigenvalue weighted by atomic mass is 9.83. The highest BCUT2D eigenvalue weighted by atomic mass is 32.1. The van der Waals surface area contributed by atoms with E-state index in [4.69, 9.17) is 12.2 Å². The summed E-state index contributed by atoms with van der Waals surface area (Å²) in [6.45, 7) is 1.95. The van der Waals surface area contributed by atoms with Crippen molar-refractivity contribution in [2.75, 3.05) is 11.9 Å². The molecule has 0 saturated heterocycles. The first-order valence-corrected chi connectivity index (χ1v) is 13.6. The Labute approximate surface area is 235 Å². The number of nitrogens with zero attached hydrogens (tertiary/aromatic N) is 1. The van der Waals surface area contributed by atoms with Crippen LogP contribution in [0.1, 0.15) is 47.9 Å². The number of rotatable bonds is 8. The summed E-state index contributed by atoms with van der Waals surface area (Å²) in [5, 5.41) is 5.58. The van der Waals surface area contributed by atoms with Crippen molar-refractivity contribution in [3.05, 3.63) is 101 Å². The molecule has 2 N–H and O–H groups in total. The number of halogens is 6. The van der Waals surface area contributed by atoms with E-state index in [1.165, 1.54) is 11.1 Å². The molecule has 0 heterocycles. The van der Waals surface area contributed by atoms with Crippen LogP contribution in [0.4, 0.5) is 32.0 Å². The van der Waals surface area contributed by atoms with E-state index in [0.29, 0.717) is 18.7 Å². The largest absolute Gasteiger partial charge is 0.416 e. The molecule has 1 aliphatic carbocycles. The van der Waals surface area contributed by atoms with Crippen LogP contribution in [0.3, 0.4) is 0 Å². The zero-order valence-corrected chi connectivity index (χ0v) is 22.5. The van der Waals surface area contributed by atoms with Crippen LogP contribution in [0.2, 0.25) is 0 Å². The molecular formula is C30H31F6N3S. The Morgan fingerprint density at radius 1 is 0.750 bits per heavy atom. The molecule has 1 saturated carbocycles. The predicted octanol–water partition coefficient (Wildman–Crippen LogP) is 8.27. The molecule has 3 nitrogen and oxygen atoms in total. The maximum absolute atomic E-state index is 13.2. The van der Waals surface area contributed by atoms with Gasteiger partial charge in [-0.2, -0.15) is 26.3 Å². The van der Waals surface area contributed by atoms with Crippen molar-refractivity contribution in [1.82, 2.24) is 10.2 Å². The molecule has 2 atom stereocenters. The highest BCUT2D eigenvalue weighted by Gasteiger charge is 2.37. The second-order valence-corrected chi connectivity index (χ2v) is 10.5. The number of hydrogen-bond acceptors (Lipinski definition) is 2. The summed E-state index contributed by atoms with van der Waals surface area (Å²) in [6.07, 6.45) is -5.83. The van der Waals surface area contributed by atoms with Gasteiger partial charge in [-0.3, -0.25) is 4.90 Å². The van der Waals surface area contributed by atoms with Gasteiger partial charge in [0.15, 0.2) is 5.11 Å². The summed E-state index contributed by atoms with van der Waals surface area (Å²) in [7, 11) is 0. The van der Waals surface area contributed by atoms with E-state index in [2.05, 4.69) is 39.8 Å². The highest BCUT2D eigenvalue weighted by molar-refractivity contribution is 7.80. The van der Waals surface area contributed by atoms with Crippen LogP contribution in [0.5, 0.6) is 0 Å². The summed E-state index contributed by atoms with van der Waals surface area (Å²) in [5.74, 6) is 0.188. The topological polar surface area (TPSA) is 27.3 Å². The van der Waals surface area contributed by atoms with Crippen molar-refractivity contribution >= 4 is 23.0 Å². The van der Waals surface area contributed by atoms with Gasteiger partial charge in [0, 0.05) is 31.4 Å². The van der Waals surface area contributed by atoms with E-state index >= 15 is 0 Å². The van der Waals surface area contributed by atoms with E-state index in [1.54, 1.807) is 0 Å². The van der Waals surface area contributed by atoms with Crippen molar-refractivity contribution in [3.8, 4) is 0 Å². The number of hydrogen-bond donors (Lipinski definition) is 2. The van der Waals surface area contributed by atoms with Crippen molar-refractivity contribution in [1.29, 1.82) is 0 Å². The minimum Gasteiger partial charge on any atom is -0.362 e. The van der Waals surface area contributed by atoms with Crippen LogP contribution in [0.25, 0.3) is 0 Å². The number of benzene rings is 3. The van der Waals surface area contributed by atoms with Crippen LogP contribution < -0.4 is 10.6 Å². The lowest BCUT2D eigenvalue weighted by molar-refractivity contribution is -0.143. The van der Waals surface area contributed by atoms with E-state index in [0.717, 1.165) is 38.8 Å². The molecule has 0 aliphatic heterocycles. The van der Waals surface area contributed by atoms with Gasteiger partial charge in [0.2, 0.25) is 0 Å². The highest BCUT2D eigenvalue weighted by Crippen LogP contribution is 2.37. The van der Waals surface area contributed by atoms with E-state index in [1.807, 2.05) is 36.4 Å². The fourth-order valence-corrected chi connectivity index (χ4v) is 5.46. The maximum Gasteiger partial charge on any atom is 0.416 e. The van der Waals surface area contributed by atoms with Crippen molar-refractivity contribution in [3.63, 3.8) is 0 Å². The molecule has 0 bridgehead atoms.